The Bertz CT molecular complexity index is 568. The summed E-state index contributed by atoms with van der Waals surface area (Å²) in [4.78, 5) is 21.2. The van der Waals surface area contributed by atoms with Gasteiger partial charge in [-0.25, -0.2) is 9.97 Å². The zero-order chi connectivity index (χ0) is 13.8. The standard InChI is InChI=1S/C13H17N3OS2/c1-8(2)9(3)16-11(17)6-19-13-10-4-5-18-12(10)14-7-15-13/h4-5,7-9H,6H2,1-3H3,(H,16,17). The Kier molecular flexibility index (Phi) is 4.76. The van der Waals surface area contributed by atoms with Gasteiger partial charge in [-0.2, -0.15) is 0 Å². The maximum atomic E-state index is 11.8. The summed E-state index contributed by atoms with van der Waals surface area (Å²) in [5.41, 5.74) is 0. The van der Waals surface area contributed by atoms with Gasteiger partial charge in [0.05, 0.1) is 5.75 Å². The molecule has 2 aromatic rings. The summed E-state index contributed by atoms with van der Waals surface area (Å²) in [5.74, 6) is 0.878. The Balaban J connectivity index is 1.95. The molecule has 0 spiro atoms. The molecule has 102 valence electrons. The van der Waals surface area contributed by atoms with Crippen molar-refractivity contribution in [3.8, 4) is 0 Å². The van der Waals surface area contributed by atoms with Gasteiger partial charge in [0.25, 0.3) is 0 Å². The number of nitrogens with one attached hydrogen (secondary N) is 1. The van der Waals surface area contributed by atoms with Crippen molar-refractivity contribution >= 4 is 39.2 Å². The van der Waals surface area contributed by atoms with E-state index in [9.17, 15) is 4.79 Å². The molecular formula is C13H17N3OS2. The Labute approximate surface area is 121 Å². The fourth-order valence-corrected chi connectivity index (χ4v) is 3.07. The smallest absolute Gasteiger partial charge is 0.230 e. The molecule has 2 aromatic heterocycles. The van der Waals surface area contributed by atoms with E-state index in [1.165, 1.54) is 11.8 Å². The summed E-state index contributed by atoms with van der Waals surface area (Å²) in [6, 6.07) is 2.19. The normalized spacial score (nSPS) is 12.8. The van der Waals surface area contributed by atoms with Gasteiger partial charge in [0.15, 0.2) is 0 Å². The number of hydrogen-bond donors (Lipinski definition) is 1. The summed E-state index contributed by atoms with van der Waals surface area (Å²) in [6.45, 7) is 6.21. The molecule has 0 aliphatic heterocycles. The van der Waals surface area contributed by atoms with Crippen LogP contribution in [-0.2, 0) is 4.79 Å². The van der Waals surface area contributed by atoms with E-state index in [0.717, 1.165) is 15.2 Å². The average Bonchev–Trinajstić information content (AvgIpc) is 2.84. The fraction of sp³-hybridized carbons (Fsp3) is 0.462. The van der Waals surface area contributed by atoms with E-state index in [1.807, 2.05) is 18.4 Å². The van der Waals surface area contributed by atoms with Crippen molar-refractivity contribution < 1.29 is 4.79 Å². The van der Waals surface area contributed by atoms with Crippen LogP contribution in [-0.4, -0.2) is 27.7 Å². The van der Waals surface area contributed by atoms with Crippen molar-refractivity contribution in [2.45, 2.75) is 31.8 Å². The predicted molar refractivity (Wildman–Crippen MR) is 80.6 cm³/mol. The van der Waals surface area contributed by atoms with Gasteiger partial charge in [0, 0.05) is 11.4 Å². The Morgan fingerprint density at radius 2 is 2.21 bits per heavy atom. The topological polar surface area (TPSA) is 54.9 Å². The van der Waals surface area contributed by atoms with Crippen molar-refractivity contribution in [2.75, 3.05) is 5.75 Å². The van der Waals surface area contributed by atoms with Crippen LogP contribution in [0.25, 0.3) is 10.2 Å². The molecule has 1 amide bonds. The van der Waals surface area contributed by atoms with Crippen molar-refractivity contribution in [2.24, 2.45) is 5.92 Å². The monoisotopic (exact) mass is 295 g/mol. The minimum Gasteiger partial charge on any atom is -0.353 e. The zero-order valence-electron chi connectivity index (χ0n) is 11.2. The molecule has 2 rings (SSSR count). The maximum absolute atomic E-state index is 11.8. The van der Waals surface area contributed by atoms with E-state index in [1.54, 1.807) is 17.7 Å². The lowest BCUT2D eigenvalue weighted by molar-refractivity contribution is -0.119. The fourth-order valence-electron chi connectivity index (χ4n) is 1.48. The molecule has 4 nitrogen and oxygen atoms in total. The second kappa shape index (κ2) is 6.34. The van der Waals surface area contributed by atoms with Crippen LogP contribution < -0.4 is 5.32 Å². The van der Waals surface area contributed by atoms with Crippen LogP contribution in [0.5, 0.6) is 0 Å². The van der Waals surface area contributed by atoms with E-state index in [4.69, 9.17) is 0 Å². The molecule has 0 fully saturated rings. The molecule has 0 saturated carbocycles. The number of fused-ring (bicyclic) bond motifs is 1. The van der Waals surface area contributed by atoms with Crippen molar-refractivity contribution in [3.05, 3.63) is 17.8 Å². The third-order valence-electron chi connectivity index (χ3n) is 2.95. The molecule has 0 aromatic carbocycles. The molecule has 2 heterocycles. The van der Waals surface area contributed by atoms with Crippen molar-refractivity contribution in [1.82, 2.24) is 15.3 Å². The number of rotatable bonds is 5. The summed E-state index contributed by atoms with van der Waals surface area (Å²) >= 11 is 3.05. The minimum absolute atomic E-state index is 0.0493. The molecule has 1 unspecified atom stereocenters. The van der Waals surface area contributed by atoms with Gasteiger partial charge in [0.2, 0.25) is 5.91 Å². The molecule has 0 radical (unpaired) electrons. The van der Waals surface area contributed by atoms with Gasteiger partial charge < -0.3 is 5.32 Å². The third kappa shape index (κ3) is 3.67. The summed E-state index contributed by atoms with van der Waals surface area (Å²) in [6.07, 6.45) is 1.55. The van der Waals surface area contributed by atoms with Crippen LogP contribution in [0.3, 0.4) is 0 Å². The molecule has 0 aliphatic carbocycles. The van der Waals surface area contributed by atoms with E-state index < -0.39 is 0 Å². The molecule has 0 saturated heterocycles. The number of hydrogen-bond acceptors (Lipinski definition) is 5. The first-order valence-corrected chi connectivity index (χ1v) is 8.05. The van der Waals surface area contributed by atoms with Crippen LogP contribution in [0.1, 0.15) is 20.8 Å². The second-order valence-corrected chi connectivity index (χ2v) is 6.57. The third-order valence-corrected chi connectivity index (χ3v) is 4.78. The van der Waals surface area contributed by atoms with Crippen LogP contribution in [0.4, 0.5) is 0 Å². The Hall–Kier alpha value is -1.14. The van der Waals surface area contributed by atoms with E-state index in [2.05, 4.69) is 29.1 Å². The lowest BCUT2D eigenvalue weighted by Gasteiger charge is -2.17. The maximum Gasteiger partial charge on any atom is 0.230 e. The average molecular weight is 295 g/mol. The van der Waals surface area contributed by atoms with Crippen LogP contribution in [0, 0.1) is 5.92 Å². The Morgan fingerprint density at radius 3 is 2.95 bits per heavy atom. The van der Waals surface area contributed by atoms with Crippen LogP contribution in [0.2, 0.25) is 0 Å². The number of aromatic nitrogens is 2. The number of thioether (sulfide) groups is 1. The highest BCUT2D eigenvalue weighted by Gasteiger charge is 2.12. The van der Waals surface area contributed by atoms with Gasteiger partial charge in [-0.3, -0.25) is 4.79 Å². The molecule has 1 atom stereocenters. The van der Waals surface area contributed by atoms with E-state index in [0.29, 0.717) is 11.7 Å². The molecule has 6 heteroatoms. The number of carbonyl (C=O) groups excluding carboxylic acids is 1. The van der Waals surface area contributed by atoms with Crippen molar-refractivity contribution in [3.63, 3.8) is 0 Å². The van der Waals surface area contributed by atoms with Crippen molar-refractivity contribution in [1.29, 1.82) is 0 Å². The van der Waals surface area contributed by atoms with Crippen LogP contribution >= 0.6 is 23.1 Å². The highest BCUT2D eigenvalue weighted by atomic mass is 32.2. The summed E-state index contributed by atoms with van der Waals surface area (Å²) in [5, 5.41) is 6.88. The molecular weight excluding hydrogens is 278 g/mol. The first-order chi connectivity index (χ1) is 9.08. The summed E-state index contributed by atoms with van der Waals surface area (Å²) in [7, 11) is 0. The summed E-state index contributed by atoms with van der Waals surface area (Å²) < 4.78 is 0. The van der Waals surface area contributed by atoms with E-state index >= 15 is 0 Å². The van der Waals surface area contributed by atoms with Gasteiger partial charge in [-0.05, 0) is 24.3 Å². The SMILES string of the molecule is CC(C)C(C)NC(=O)CSc1ncnc2sccc12. The van der Waals surface area contributed by atoms with Crippen LogP contribution in [0.15, 0.2) is 22.8 Å². The lowest BCUT2D eigenvalue weighted by atomic mass is 10.1. The van der Waals surface area contributed by atoms with Gasteiger partial charge in [0.1, 0.15) is 16.2 Å². The number of amides is 1. The van der Waals surface area contributed by atoms with Gasteiger partial charge >= 0.3 is 0 Å². The first kappa shape index (κ1) is 14.3. The zero-order valence-corrected chi connectivity index (χ0v) is 12.8. The minimum atomic E-state index is 0.0493. The predicted octanol–water partition coefficient (Wildman–Crippen LogP) is 2.94. The lowest BCUT2D eigenvalue weighted by Crippen LogP contribution is -2.37. The number of carbonyl (C=O) groups is 1. The molecule has 19 heavy (non-hydrogen) atoms. The largest absolute Gasteiger partial charge is 0.353 e. The first-order valence-electron chi connectivity index (χ1n) is 6.18. The highest BCUT2D eigenvalue weighted by Crippen LogP contribution is 2.27. The highest BCUT2D eigenvalue weighted by molar-refractivity contribution is 8.00. The Morgan fingerprint density at radius 1 is 1.42 bits per heavy atom. The number of nitrogens with zero attached hydrogens (tertiary/aromatic N) is 2. The quantitative estimate of drug-likeness (QED) is 0.680. The van der Waals surface area contributed by atoms with Gasteiger partial charge in [-0.15, -0.1) is 11.3 Å². The second-order valence-electron chi connectivity index (χ2n) is 4.71. The molecule has 0 aliphatic rings. The van der Waals surface area contributed by atoms with E-state index in [-0.39, 0.29) is 11.9 Å². The number of thiophene rings is 1. The van der Waals surface area contributed by atoms with Gasteiger partial charge in [-0.1, -0.05) is 25.6 Å². The molecule has 1 N–H and O–H groups in total. The molecule has 0 bridgehead atoms.